The minimum absolute atomic E-state index is 0.0502. The van der Waals surface area contributed by atoms with Gasteiger partial charge in [0.15, 0.2) is 0 Å². The first-order chi connectivity index (χ1) is 9.45. The molecule has 2 unspecified atom stereocenters. The molecule has 0 spiro atoms. The minimum Gasteiger partial charge on any atom is -0.328 e. The Bertz CT molecular complexity index is 574. The van der Waals surface area contributed by atoms with E-state index in [4.69, 9.17) is 5.73 Å². The summed E-state index contributed by atoms with van der Waals surface area (Å²) < 4.78 is 39.7. The largest absolute Gasteiger partial charge is 0.328 e. The highest BCUT2D eigenvalue weighted by atomic mass is 32.2. The fraction of sp³-hybridized carbons (Fsp3) is 0.571. The third-order valence-electron chi connectivity index (χ3n) is 4.29. The Morgan fingerprint density at radius 1 is 1.15 bits per heavy atom. The SMILES string of the molecule is NC1CC2CCC(C1)N2S(=O)(=O)Cc1ccc(F)cc1. The third kappa shape index (κ3) is 2.60. The molecule has 0 aromatic heterocycles. The second-order valence-electron chi connectivity index (χ2n) is 5.83. The molecule has 4 nitrogen and oxygen atoms in total. The van der Waals surface area contributed by atoms with E-state index in [-0.39, 0.29) is 29.7 Å². The van der Waals surface area contributed by atoms with E-state index in [0.29, 0.717) is 5.56 Å². The van der Waals surface area contributed by atoms with Gasteiger partial charge in [-0.3, -0.25) is 0 Å². The summed E-state index contributed by atoms with van der Waals surface area (Å²) in [6.45, 7) is 0. The lowest BCUT2D eigenvalue weighted by molar-refractivity contribution is 0.227. The minimum atomic E-state index is -3.35. The van der Waals surface area contributed by atoms with E-state index in [1.807, 2.05) is 0 Å². The molecule has 0 radical (unpaired) electrons. The molecule has 110 valence electrons. The summed E-state index contributed by atoms with van der Waals surface area (Å²) in [5.74, 6) is -0.412. The first kappa shape index (κ1) is 14.0. The van der Waals surface area contributed by atoms with Crippen LogP contribution in [-0.2, 0) is 15.8 Å². The van der Waals surface area contributed by atoms with Crippen molar-refractivity contribution in [2.24, 2.45) is 5.73 Å². The molecule has 2 fully saturated rings. The van der Waals surface area contributed by atoms with Crippen LogP contribution in [0.2, 0.25) is 0 Å². The Balaban J connectivity index is 1.80. The van der Waals surface area contributed by atoms with Crippen molar-refractivity contribution in [3.05, 3.63) is 35.6 Å². The Kier molecular flexibility index (Phi) is 3.56. The van der Waals surface area contributed by atoms with Gasteiger partial charge < -0.3 is 5.73 Å². The summed E-state index contributed by atoms with van der Waals surface area (Å²) in [4.78, 5) is 0. The van der Waals surface area contributed by atoms with E-state index in [0.717, 1.165) is 25.7 Å². The van der Waals surface area contributed by atoms with Crippen molar-refractivity contribution in [1.82, 2.24) is 4.31 Å². The zero-order valence-corrected chi connectivity index (χ0v) is 12.0. The molecule has 2 aliphatic rings. The second kappa shape index (κ2) is 5.09. The Morgan fingerprint density at radius 3 is 2.25 bits per heavy atom. The fourth-order valence-corrected chi connectivity index (χ4v) is 5.55. The number of sulfonamides is 1. The van der Waals surface area contributed by atoms with E-state index < -0.39 is 10.0 Å². The van der Waals surface area contributed by atoms with Gasteiger partial charge in [-0.1, -0.05) is 12.1 Å². The molecule has 2 aliphatic heterocycles. The summed E-state index contributed by atoms with van der Waals surface area (Å²) in [6, 6.07) is 5.87. The highest BCUT2D eigenvalue weighted by molar-refractivity contribution is 7.88. The Labute approximate surface area is 118 Å². The molecule has 20 heavy (non-hydrogen) atoms. The van der Waals surface area contributed by atoms with Crippen molar-refractivity contribution in [3.8, 4) is 0 Å². The lowest BCUT2D eigenvalue weighted by Gasteiger charge is -2.36. The molecule has 3 rings (SSSR count). The molecule has 2 heterocycles. The highest BCUT2D eigenvalue weighted by Gasteiger charge is 2.45. The zero-order valence-electron chi connectivity index (χ0n) is 11.2. The van der Waals surface area contributed by atoms with Crippen LogP contribution in [0.15, 0.2) is 24.3 Å². The van der Waals surface area contributed by atoms with Crippen LogP contribution in [0.1, 0.15) is 31.2 Å². The maximum absolute atomic E-state index is 12.9. The summed E-state index contributed by atoms with van der Waals surface area (Å²) >= 11 is 0. The second-order valence-corrected chi connectivity index (χ2v) is 7.70. The standard InChI is InChI=1S/C14H19FN2O2S/c15-11-3-1-10(2-4-11)9-20(18,19)17-13-5-6-14(17)8-12(16)7-13/h1-4,12-14H,5-9,16H2. The van der Waals surface area contributed by atoms with Crippen molar-refractivity contribution in [1.29, 1.82) is 0 Å². The first-order valence-corrected chi connectivity index (χ1v) is 8.58. The van der Waals surface area contributed by atoms with Crippen molar-refractivity contribution in [2.45, 2.75) is 49.6 Å². The zero-order chi connectivity index (χ0) is 14.3. The van der Waals surface area contributed by atoms with Crippen LogP contribution in [0.5, 0.6) is 0 Å². The smallest absolute Gasteiger partial charge is 0.218 e. The van der Waals surface area contributed by atoms with Gasteiger partial charge in [-0.15, -0.1) is 0 Å². The van der Waals surface area contributed by atoms with Gasteiger partial charge in [0.25, 0.3) is 0 Å². The first-order valence-electron chi connectivity index (χ1n) is 6.97. The molecule has 2 bridgehead atoms. The van der Waals surface area contributed by atoms with E-state index >= 15 is 0 Å². The molecule has 2 atom stereocenters. The topological polar surface area (TPSA) is 63.4 Å². The molecule has 6 heteroatoms. The average molecular weight is 298 g/mol. The number of hydrogen-bond acceptors (Lipinski definition) is 3. The van der Waals surface area contributed by atoms with Gasteiger partial charge >= 0.3 is 0 Å². The van der Waals surface area contributed by atoms with Gasteiger partial charge in [0.05, 0.1) is 5.75 Å². The number of nitrogens with two attached hydrogens (primary N) is 1. The molecule has 1 aromatic rings. The number of rotatable bonds is 3. The molecular weight excluding hydrogens is 279 g/mol. The summed E-state index contributed by atoms with van der Waals surface area (Å²) in [5.41, 5.74) is 6.59. The Hall–Kier alpha value is -0.980. The number of piperidine rings is 1. The number of fused-ring (bicyclic) bond motifs is 2. The fourth-order valence-electron chi connectivity index (χ4n) is 3.50. The van der Waals surface area contributed by atoms with Crippen LogP contribution in [0, 0.1) is 5.82 Å². The molecule has 2 saturated heterocycles. The van der Waals surface area contributed by atoms with Crippen molar-refractivity contribution >= 4 is 10.0 Å². The molecule has 0 aliphatic carbocycles. The van der Waals surface area contributed by atoms with Crippen molar-refractivity contribution in [2.75, 3.05) is 0 Å². The normalized spacial score (nSPS) is 30.6. The predicted octanol–water partition coefficient (Wildman–Crippen LogP) is 1.61. The molecule has 1 aromatic carbocycles. The Morgan fingerprint density at radius 2 is 1.70 bits per heavy atom. The van der Waals surface area contributed by atoms with E-state index in [1.165, 1.54) is 24.3 Å². The lowest BCUT2D eigenvalue weighted by atomic mass is 10.0. The molecule has 2 N–H and O–H groups in total. The van der Waals surface area contributed by atoms with Gasteiger partial charge in [-0.05, 0) is 43.4 Å². The summed E-state index contributed by atoms with van der Waals surface area (Å²) in [6.07, 6.45) is 3.31. The number of halogens is 1. The van der Waals surface area contributed by atoms with Crippen LogP contribution < -0.4 is 5.73 Å². The summed E-state index contributed by atoms with van der Waals surface area (Å²) in [5, 5.41) is 0. The number of benzene rings is 1. The van der Waals surface area contributed by atoms with E-state index in [2.05, 4.69) is 0 Å². The quantitative estimate of drug-likeness (QED) is 0.922. The number of nitrogens with zero attached hydrogens (tertiary/aromatic N) is 1. The molecule has 0 saturated carbocycles. The van der Waals surface area contributed by atoms with Gasteiger partial charge in [0.2, 0.25) is 10.0 Å². The average Bonchev–Trinajstić information content (AvgIpc) is 2.66. The monoisotopic (exact) mass is 298 g/mol. The molecule has 0 amide bonds. The highest BCUT2D eigenvalue weighted by Crippen LogP contribution is 2.38. The summed E-state index contributed by atoms with van der Waals surface area (Å²) in [7, 11) is -3.35. The van der Waals surface area contributed by atoms with E-state index in [1.54, 1.807) is 4.31 Å². The van der Waals surface area contributed by atoms with Crippen molar-refractivity contribution in [3.63, 3.8) is 0 Å². The maximum Gasteiger partial charge on any atom is 0.218 e. The predicted molar refractivity (Wildman–Crippen MR) is 74.9 cm³/mol. The third-order valence-corrected chi connectivity index (χ3v) is 6.22. The van der Waals surface area contributed by atoms with Gasteiger partial charge in [-0.2, -0.15) is 4.31 Å². The van der Waals surface area contributed by atoms with Crippen LogP contribution in [0.25, 0.3) is 0 Å². The maximum atomic E-state index is 12.9. The van der Waals surface area contributed by atoms with Crippen LogP contribution in [-0.4, -0.2) is 30.8 Å². The molecular formula is C14H19FN2O2S. The number of hydrogen-bond donors (Lipinski definition) is 1. The van der Waals surface area contributed by atoms with Crippen LogP contribution in [0.4, 0.5) is 4.39 Å². The van der Waals surface area contributed by atoms with Crippen molar-refractivity contribution < 1.29 is 12.8 Å². The lowest BCUT2D eigenvalue weighted by Crippen LogP contribution is -2.50. The van der Waals surface area contributed by atoms with Gasteiger partial charge in [-0.25, -0.2) is 12.8 Å². The van der Waals surface area contributed by atoms with Gasteiger partial charge in [0, 0.05) is 18.1 Å². The van der Waals surface area contributed by atoms with Crippen LogP contribution in [0.3, 0.4) is 0 Å². The van der Waals surface area contributed by atoms with Gasteiger partial charge in [0.1, 0.15) is 5.82 Å². The van der Waals surface area contributed by atoms with E-state index in [9.17, 15) is 12.8 Å². The van der Waals surface area contributed by atoms with Crippen LogP contribution >= 0.6 is 0 Å².